The minimum Gasteiger partial charge on any atom is -0.325 e. The van der Waals surface area contributed by atoms with E-state index in [1.54, 1.807) is 12.1 Å². The van der Waals surface area contributed by atoms with Crippen molar-refractivity contribution in [2.24, 2.45) is 5.73 Å². The number of benzene rings is 1. The molecule has 0 bridgehead atoms. The first kappa shape index (κ1) is 11.4. The van der Waals surface area contributed by atoms with Crippen molar-refractivity contribution in [2.45, 2.75) is 50.1 Å². The Kier molecular flexibility index (Phi) is 2.28. The van der Waals surface area contributed by atoms with E-state index in [1.165, 1.54) is 25.3 Å². The summed E-state index contributed by atoms with van der Waals surface area (Å²) in [5, 5.41) is 0. The third kappa shape index (κ3) is 1.86. The Morgan fingerprint density at radius 1 is 1.37 bits per heavy atom. The Morgan fingerprint density at radius 2 is 2.16 bits per heavy atom. The third-order valence-corrected chi connectivity index (χ3v) is 4.50. The number of nitrogens with zero attached hydrogens (tertiary/aromatic N) is 2. The van der Waals surface area contributed by atoms with Gasteiger partial charge in [0.15, 0.2) is 0 Å². The van der Waals surface area contributed by atoms with Crippen molar-refractivity contribution >= 4 is 11.0 Å². The minimum atomic E-state index is -0.188. The highest BCUT2D eigenvalue weighted by molar-refractivity contribution is 5.76. The lowest BCUT2D eigenvalue weighted by atomic mass is 9.75. The normalized spacial score (nSPS) is 21.6. The second-order valence-corrected chi connectivity index (χ2v) is 6.15. The summed E-state index contributed by atoms with van der Waals surface area (Å²) in [7, 11) is 0. The van der Waals surface area contributed by atoms with Gasteiger partial charge >= 0.3 is 0 Å². The predicted molar refractivity (Wildman–Crippen MR) is 72.4 cm³/mol. The average Bonchev–Trinajstić information content (AvgIpc) is 3.10. The monoisotopic (exact) mass is 259 g/mol. The highest BCUT2D eigenvalue weighted by Gasteiger charge is 2.36. The van der Waals surface area contributed by atoms with Crippen LogP contribution in [0, 0.1) is 5.82 Å². The van der Waals surface area contributed by atoms with Crippen LogP contribution >= 0.6 is 0 Å². The first-order chi connectivity index (χ1) is 9.15. The standard InChI is InChI=1S/C15H18FN3/c16-10-2-5-12-13(8-10)19(11-3-4-11)14(18-12)9-15(17)6-1-7-15/h2,5,8,11H,1,3-4,6-7,9,17H2. The molecule has 0 unspecified atom stereocenters. The van der Waals surface area contributed by atoms with Gasteiger partial charge < -0.3 is 10.3 Å². The van der Waals surface area contributed by atoms with Gasteiger partial charge in [-0.15, -0.1) is 0 Å². The molecule has 2 aromatic rings. The van der Waals surface area contributed by atoms with Gasteiger partial charge in [-0.2, -0.15) is 0 Å². The average molecular weight is 259 g/mol. The molecule has 100 valence electrons. The fourth-order valence-corrected chi connectivity index (χ4v) is 3.10. The van der Waals surface area contributed by atoms with Gasteiger partial charge in [0.25, 0.3) is 0 Å². The van der Waals surface area contributed by atoms with Gasteiger partial charge in [-0.25, -0.2) is 9.37 Å². The molecule has 4 heteroatoms. The maximum absolute atomic E-state index is 13.5. The third-order valence-electron chi connectivity index (χ3n) is 4.50. The molecule has 2 N–H and O–H groups in total. The summed E-state index contributed by atoms with van der Waals surface area (Å²) >= 11 is 0. The van der Waals surface area contributed by atoms with Crippen LogP contribution < -0.4 is 5.73 Å². The summed E-state index contributed by atoms with van der Waals surface area (Å²) in [4.78, 5) is 4.70. The molecule has 0 atom stereocenters. The number of hydrogen-bond acceptors (Lipinski definition) is 2. The van der Waals surface area contributed by atoms with Crippen LogP contribution in [0.25, 0.3) is 11.0 Å². The smallest absolute Gasteiger partial charge is 0.125 e. The van der Waals surface area contributed by atoms with Crippen LogP contribution in [-0.2, 0) is 6.42 Å². The van der Waals surface area contributed by atoms with Crippen molar-refractivity contribution in [3.63, 3.8) is 0 Å². The zero-order chi connectivity index (χ0) is 13.0. The Bertz CT molecular complexity index is 638. The molecule has 0 amide bonds. The number of halogens is 1. The largest absolute Gasteiger partial charge is 0.325 e. The van der Waals surface area contributed by atoms with Crippen molar-refractivity contribution in [3.05, 3.63) is 29.8 Å². The number of rotatable bonds is 3. The Labute approximate surface area is 111 Å². The zero-order valence-corrected chi connectivity index (χ0v) is 10.9. The van der Waals surface area contributed by atoms with Crippen LogP contribution in [0.2, 0.25) is 0 Å². The SMILES string of the molecule is NC1(Cc2nc3ccc(F)cc3n2C2CC2)CCC1. The van der Waals surface area contributed by atoms with Crippen molar-refractivity contribution < 1.29 is 4.39 Å². The van der Waals surface area contributed by atoms with Crippen molar-refractivity contribution in [1.82, 2.24) is 9.55 Å². The molecule has 2 aliphatic rings. The first-order valence-corrected chi connectivity index (χ1v) is 7.10. The van der Waals surface area contributed by atoms with Gasteiger partial charge in [-0.05, 0) is 50.3 Å². The second kappa shape index (κ2) is 3.79. The minimum absolute atomic E-state index is 0.0768. The lowest BCUT2D eigenvalue weighted by molar-refractivity contribution is 0.241. The van der Waals surface area contributed by atoms with E-state index in [0.29, 0.717) is 6.04 Å². The predicted octanol–water partition coefficient (Wildman–Crippen LogP) is 2.93. The van der Waals surface area contributed by atoms with E-state index in [4.69, 9.17) is 10.7 Å². The van der Waals surface area contributed by atoms with Gasteiger partial charge in [0.05, 0.1) is 11.0 Å². The molecule has 19 heavy (non-hydrogen) atoms. The molecule has 0 spiro atoms. The molecular weight excluding hydrogens is 241 g/mol. The van der Waals surface area contributed by atoms with E-state index in [9.17, 15) is 4.39 Å². The molecule has 2 aliphatic carbocycles. The molecule has 0 radical (unpaired) electrons. The summed E-state index contributed by atoms with van der Waals surface area (Å²) in [5.74, 6) is 0.859. The van der Waals surface area contributed by atoms with E-state index in [1.807, 2.05) is 0 Å². The van der Waals surface area contributed by atoms with E-state index in [2.05, 4.69) is 4.57 Å². The van der Waals surface area contributed by atoms with Crippen LogP contribution in [0.3, 0.4) is 0 Å². The fourth-order valence-electron chi connectivity index (χ4n) is 3.10. The first-order valence-electron chi connectivity index (χ1n) is 7.10. The highest BCUT2D eigenvalue weighted by Crippen LogP contribution is 2.41. The molecule has 2 saturated carbocycles. The van der Waals surface area contributed by atoms with Crippen LogP contribution in [-0.4, -0.2) is 15.1 Å². The number of fused-ring (bicyclic) bond motifs is 1. The highest BCUT2D eigenvalue weighted by atomic mass is 19.1. The lowest BCUT2D eigenvalue weighted by Gasteiger charge is -2.37. The Balaban J connectivity index is 1.82. The summed E-state index contributed by atoms with van der Waals surface area (Å²) in [6, 6.07) is 5.37. The van der Waals surface area contributed by atoms with Gasteiger partial charge in [0.1, 0.15) is 11.6 Å². The molecule has 0 saturated heterocycles. The fraction of sp³-hybridized carbons (Fsp3) is 0.533. The summed E-state index contributed by atoms with van der Waals surface area (Å²) in [6.45, 7) is 0. The number of imidazole rings is 1. The number of nitrogens with two attached hydrogens (primary N) is 1. The van der Waals surface area contributed by atoms with E-state index in [0.717, 1.165) is 36.1 Å². The molecule has 1 aromatic carbocycles. The maximum Gasteiger partial charge on any atom is 0.125 e. The van der Waals surface area contributed by atoms with Crippen molar-refractivity contribution in [3.8, 4) is 0 Å². The Hall–Kier alpha value is -1.42. The zero-order valence-electron chi connectivity index (χ0n) is 10.9. The molecule has 2 fully saturated rings. The van der Waals surface area contributed by atoms with Crippen LogP contribution in [0.4, 0.5) is 4.39 Å². The van der Waals surface area contributed by atoms with Crippen LogP contribution in [0.15, 0.2) is 18.2 Å². The summed E-state index contributed by atoms with van der Waals surface area (Å²) in [6.07, 6.45) is 6.54. The van der Waals surface area contributed by atoms with E-state index in [-0.39, 0.29) is 11.4 Å². The molecule has 3 nitrogen and oxygen atoms in total. The van der Waals surface area contributed by atoms with Crippen LogP contribution in [0.1, 0.15) is 44.0 Å². The topological polar surface area (TPSA) is 43.8 Å². The molecule has 4 rings (SSSR count). The molecule has 0 aliphatic heterocycles. The van der Waals surface area contributed by atoms with Crippen molar-refractivity contribution in [1.29, 1.82) is 0 Å². The summed E-state index contributed by atoms with van der Waals surface area (Å²) in [5.41, 5.74) is 8.10. The summed E-state index contributed by atoms with van der Waals surface area (Å²) < 4.78 is 15.7. The Morgan fingerprint density at radius 3 is 2.79 bits per heavy atom. The van der Waals surface area contributed by atoms with Crippen LogP contribution in [0.5, 0.6) is 0 Å². The van der Waals surface area contributed by atoms with E-state index >= 15 is 0 Å². The number of aromatic nitrogens is 2. The molecule has 1 heterocycles. The second-order valence-electron chi connectivity index (χ2n) is 6.15. The van der Waals surface area contributed by atoms with Gasteiger partial charge in [-0.1, -0.05) is 0 Å². The lowest BCUT2D eigenvalue weighted by Crippen LogP contribution is -2.48. The number of hydrogen-bond donors (Lipinski definition) is 1. The van der Waals surface area contributed by atoms with Gasteiger partial charge in [0.2, 0.25) is 0 Å². The molecular formula is C15H18FN3. The quantitative estimate of drug-likeness (QED) is 0.921. The van der Waals surface area contributed by atoms with Crippen molar-refractivity contribution in [2.75, 3.05) is 0 Å². The maximum atomic E-state index is 13.5. The van der Waals surface area contributed by atoms with Gasteiger partial charge in [0, 0.05) is 18.0 Å². The molecule has 1 aromatic heterocycles. The van der Waals surface area contributed by atoms with Gasteiger partial charge in [-0.3, -0.25) is 0 Å². The van der Waals surface area contributed by atoms with E-state index < -0.39 is 0 Å².